The lowest BCUT2D eigenvalue weighted by molar-refractivity contribution is 0.569. The first-order valence-corrected chi connectivity index (χ1v) is 6.38. The summed E-state index contributed by atoms with van der Waals surface area (Å²) in [6, 6.07) is 0. The highest BCUT2D eigenvalue weighted by Crippen LogP contribution is 2.03. The van der Waals surface area contributed by atoms with E-state index in [2.05, 4.69) is 11.6 Å². The van der Waals surface area contributed by atoms with Gasteiger partial charge in [0.15, 0.2) is 0 Å². The molecule has 0 aromatic carbocycles. The minimum Gasteiger partial charge on any atom is -0.269 e. The van der Waals surface area contributed by atoms with Crippen molar-refractivity contribution in [2.45, 2.75) is 45.4 Å². The predicted octanol–water partition coefficient (Wildman–Crippen LogP) is 1.29. The maximum atomic E-state index is 10.4. The number of rotatable bonds is 8. The van der Waals surface area contributed by atoms with Crippen LogP contribution in [0.2, 0.25) is 0 Å². The van der Waals surface area contributed by atoms with Crippen molar-refractivity contribution >= 4 is 10.2 Å². The Balaban J connectivity index is 0. The molecule has 0 spiro atoms. The quantitative estimate of drug-likeness (QED) is 0.614. The molecule has 4 nitrogen and oxygen atoms in total. The van der Waals surface area contributed by atoms with Gasteiger partial charge in [0.1, 0.15) is 0 Å². The monoisotopic (exact) mass is 228 g/mol. The Morgan fingerprint density at radius 2 is 1.57 bits per heavy atom. The van der Waals surface area contributed by atoms with Gasteiger partial charge in [-0.1, -0.05) is 39.0 Å². The third-order valence-electron chi connectivity index (χ3n) is 1.83. The fourth-order valence-electron chi connectivity index (χ4n) is 1.12. The average Bonchev–Trinajstić information content (AvgIpc) is 2.01. The molecule has 0 aromatic heterocycles. The fourth-order valence-corrected chi connectivity index (χ4v) is 1.55. The van der Waals surface area contributed by atoms with E-state index in [1.807, 2.05) is 0 Å². The van der Waals surface area contributed by atoms with E-state index < -0.39 is 10.2 Å². The minimum absolute atomic E-state index is 0. The van der Waals surface area contributed by atoms with E-state index in [1.165, 1.54) is 25.7 Å². The summed E-state index contributed by atoms with van der Waals surface area (Å²) in [5, 5.41) is 4.76. The van der Waals surface area contributed by atoms with Crippen LogP contribution in [0.3, 0.4) is 0 Å². The Bertz CT molecular complexity index is 207. The molecule has 0 atom stereocenters. The van der Waals surface area contributed by atoms with Crippen molar-refractivity contribution in [1.82, 2.24) is 4.72 Å². The highest BCUT2D eigenvalue weighted by molar-refractivity contribution is 7.87. The minimum atomic E-state index is -3.47. The van der Waals surface area contributed by atoms with Crippen molar-refractivity contribution in [1.29, 1.82) is 0 Å². The lowest BCUT2D eigenvalue weighted by atomic mass is 10.1. The van der Waals surface area contributed by atoms with Crippen LogP contribution in [0.5, 0.6) is 0 Å². The normalized spacial score (nSPS) is 11.0. The maximum absolute atomic E-state index is 10.4. The fraction of sp³-hybridized carbons (Fsp3) is 1.00. The van der Waals surface area contributed by atoms with Gasteiger partial charge < -0.3 is 0 Å². The molecule has 0 amide bonds. The largest absolute Gasteiger partial charge is 0.274 e. The summed E-state index contributed by atoms with van der Waals surface area (Å²) in [6.07, 6.45) is 6.87. The second-order valence-corrected chi connectivity index (χ2v) is 4.59. The molecule has 0 saturated heterocycles. The topological polar surface area (TPSA) is 72.2 Å². The molecule has 0 heterocycles. The van der Waals surface area contributed by atoms with Crippen LogP contribution >= 0.6 is 0 Å². The van der Waals surface area contributed by atoms with Gasteiger partial charge in [-0.3, -0.25) is 4.70 Å². The van der Waals surface area contributed by atoms with Crippen molar-refractivity contribution < 1.29 is 13.1 Å². The molecule has 3 N–H and O–H groups in total. The lowest BCUT2D eigenvalue weighted by Crippen LogP contribution is -2.31. The molecule has 0 rings (SSSR count). The number of nitrogens with one attached hydrogen (secondary N) is 1. The molecule has 0 aliphatic heterocycles. The van der Waals surface area contributed by atoms with Crippen LogP contribution in [0.15, 0.2) is 0 Å². The SMILES string of the molecule is CCCCCCCCNS(N)(=O)=O.F. The first-order chi connectivity index (χ1) is 6.06. The zero-order valence-corrected chi connectivity index (χ0v) is 9.48. The molecular formula is C8H21FN2O2S. The number of hydrogen-bond donors (Lipinski definition) is 2. The lowest BCUT2D eigenvalue weighted by Gasteiger charge is -2.01. The van der Waals surface area contributed by atoms with Gasteiger partial charge in [0.25, 0.3) is 10.2 Å². The maximum Gasteiger partial charge on any atom is 0.274 e. The van der Waals surface area contributed by atoms with Crippen LogP contribution in [0.4, 0.5) is 4.70 Å². The van der Waals surface area contributed by atoms with E-state index in [-0.39, 0.29) is 4.70 Å². The second-order valence-electron chi connectivity index (χ2n) is 3.21. The molecule has 0 fully saturated rings. The van der Waals surface area contributed by atoms with Crippen molar-refractivity contribution in [3.8, 4) is 0 Å². The second kappa shape index (κ2) is 9.36. The van der Waals surface area contributed by atoms with Gasteiger partial charge in [-0.05, 0) is 6.42 Å². The smallest absolute Gasteiger partial charge is 0.269 e. The number of halogens is 1. The molecule has 0 bridgehead atoms. The molecule has 0 saturated carbocycles. The van der Waals surface area contributed by atoms with Crippen LogP contribution in [-0.2, 0) is 10.2 Å². The van der Waals surface area contributed by atoms with E-state index >= 15 is 0 Å². The third kappa shape index (κ3) is 14.3. The Kier molecular flexibility index (Phi) is 10.9. The van der Waals surface area contributed by atoms with Crippen LogP contribution in [0.25, 0.3) is 0 Å². The summed E-state index contributed by atoms with van der Waals surface area (Å²) >= 11 is 0. The molecule has 0 aliphatic carbocycles. The summed E-state index contributed by atoms with van der Waals surface area (Å²) in [7, 11) is -3.47. The van der Waals surface area contributed by atoms with Gasteiger partial charge >= 0.3 is 0 Å². The summed E-state index contributed by atoms with van der Waals surface area (Å²) < 4.78 is 23.1. The first kappa shape index (κ1) is 16.2. The molecule has 88 valence electrons. The van der Waals surface area contributed by atoms with Gasteiger partial charge in [-0.2, -0.15) is 8.42 Å². The standard InChI is InChI=1S/C8H20N2O2S.FH/c1-2-3-4-5-6-7-8-10-13(9,11)12;/h10H,2-8H2,1H3,(H2,9,11,12);1H. The van der Waals surface area contributed by atoms with E-state index in [9.17, 15) is 8.42 Å². The number of unbranched alkanes of at least 4 members (excludes halogenated alkanes) is 5. The number of nitrogens with two attached hydrogens (primary N) is 1. The van der Waals surface area contributed by atoms with Crippen molar-refractivity contribution in [3.63, 3.8) is 0 Å². The molecule has 0 aromatic rings. The number of hydrogen-bond acceptors (Lipinski definition) is 2. The Labute approximate surface area is 85.8 Å². The molecular weight excluding hydrogens is 207 g/mol. The average molecular weight is 228 g/mol. The molecule has 0 unspecified atom stereocenters. The van der Waals surface area contributed by atoms with Gasteiger partial charge in [-0.15, -0.1) is 0 Å². The molecule has 0 aliphatic rings. The predicted molar refractivity (Wildman–Crippen MR) is 57.0 cm³/mol. The zero-order chi connectivity index (χ0) is 10.2. The molecule has 14 heavy (non-hydrogen) atoms. The highest BCUT2D eigenvalue weighted by atomic mass is 32.2. The van der Waals surface area contributed by atoms with Gasteiger partial charge in [-0.25, -0.2) is 9.86 Å². The van der Waals surface area contributed by atoms with Crippen LogP contribution < -0.4 is 9.86 Å². The summed E-state index contributed by atoms with van der Waals surface area (Å²) in [4.78, 5) is 0. The van der Waals surface area contributed by atoms with Crippen LogP contribution in [0.1, 0.15) is 45.4 Å². The van der Waals surface area contributed by atoms with Crippen LogP contribution in [-0.4, -0.2) is 15.0 Å². The first-order valence-electron chi connectivity index (χ1n) is 4.83. The van der Waals surface area contributed by atoms with E-state index in [0.29, 0.717) is 6.54 Å². The van der Waals surface area contributed by atoms with Crippen molar-refractivity contribution in [2.75, 3.05) is 6.54 Å². The summed E-state index contributed by atoms with van der Waals surface area (Å²) in [5.41, 5.74) is 0. The van der Waals surface area contributed by atoms with Crippen molar-refractivity contribution in [2.24, 2.45) is 5.14 Å². The van der Waals surface area contributed by atoms with E-state index in [4.69, 9.17) is 5.14 Å². The van der Waals surface area contributed by atoms with E-state index in [1.54, 1.807) is 0 Å². The Morgan fingerprint density at radius 1 is 1.07 bits per heavy atom. The Morgan fingerprint density at radius 3 is 2.07 bits per heavy atom. The van der Waals surface area contributed by atoms with Gasteiger partial charge in [0, 0.05) is 6.54 Å². The van der Waals surface area contributed by atoms with E-state index in [0.717, 1.165) is 12.8 Å². The summed E-state index contributed by atoms with van der Waals surface area (Å²) in [6.45, 7) is 2.63. The summed E-state index contributed by atoms with van der Waals surface area (Å²) in [5.74, 6) is 0. The molecule has 0 radical (unpaired) electrons. The van der Waals surface area contributed by atoms with Gasteiger partial charge in [0.05, 0.1) is 0 Å². The van der Waals surface area contributed by atoms with Gasteiger partial charge in [0.2, 0.25) is 0 Å². The van der Waals surface area contributed by atoms with Crippen molar-refractivity contribution in [3.05, 3.63) is 0 Å². The highest BCUT2D eigenvalue weighted by Gasteiger charge is 1.98. The zero-order valence-electron chi connectivity index (χ0n) is 8.66. The Hall–Kier alpha value is -0.200. The molecule has 6 heteroatoms. The third-order valence-corrected chi connectivity index (χ3v) is 2.44. The van der Waals surface area contributed by atoms with Crippen LogP contribution in [0, 0.1) is 0 Å².